The van der Waals surface area contributed by atoms with Gasteiger partial charge in [0.25, 0.3) is 5.91 Å². The molecule has 0 bridgehead atoms. The molecule has 10 nitrogen and oxygen atoms in total. The zero-order chi connectivity index (χ0) is 25.4. The average molecular weight is 482 g/mol. The SMILES string of the molecule is COc1cccc(CNC(=O)c2ccnc(C(=O)OC(N)c3cccc(OC)c3OC)c2)c1OC. The fourth-order valence-corrected chi connectivity index (χ4v) is 3.43. The second-order valence-electron chi connectivity index (χ2n) is 7.17. The Morgan fingerprint density at radius 3 is 2.23 bits per heavy atom. The molecule has 3 N–H and O–H groups in total. The number of hydrogen-bond donors (Lipinski definition) is 2. The predicted octanol–water partition coefficient (Wildman–Crippen LogP) is 2.86. The van der Waals surface area contributed by atoms with Crippen molar-refractivity contribution in [2.45, 2.75) is 12.8 Å². The molecule has 0 aliphatic rings. The number of nitrogens with one attached hydrogen (secondary N) is 1. The largest absolute Gasteiger partial charge is 0.493 e. The molecule has 3 aromatic rings. The fourth-order valence-electron chi connectivity index (χ4n) is 3.43. The van der Waals surface area contributed by atoms with Crippen LogP contribution in [0.5, 0.6) is 23.0 Å². The molecular weight excluding hydrogens is 454 g/mol. The molecule has 35 heavy (non-hydrogen) atoms. The molecule has 1 amide bonds. The van der Waals surface area contributed by atoms with E-state index in [0.717, 1.165) is 5.56 Å². The molecule has 0 aliphatic carbocycles. The van der Waals surface area contributed by atoms with Gasteiger partial charge in [-0.05, 0) is 30.3 Å². The molecule has 0 saturated carbocycles. The van der Waals surface area contributed by atoms with Crippen molar-refractivity contribution in [2.75, 3.05) is 28.4 Å². The number of carbonyl (C=O) groups is 2. The van der Waals surface area contributed by atoms with Gasteiger partial charge in [0.1, 0.15) is 5.69 Å². The quantitative estimate of drug-likeness (QED) is 0.331. The van der Waals surface area contributed by atoms with E-state index in [-0.39, 0.29) is 17.8 Å². The Morgan fingerprint density at radius 2 is 1.57 bits per heavy atom. The Hall–Kier alpha value is -4.31. The van der Waals surface area contributed by atoms with E-state index in [2.05, 4.69) is 10.3 Å². The second kappa shape index (κ2) is 11.7. The standard InChI is InChI=1S/C25H27N3O7/c1-31-19-9-5-7-16(21(19)33-3)14-28-24(29)15-11-12-27-18(13-15)25(30)35-23(26)17-8-6-10-20(32-2)22(17)34-4/h5-13,23H,14,26H2,1-4H3,(H,28,29). The van der Waals surface area contributed by atoms with Crippen molar-refractivity contribution in [3.63, 3.8) is 0 Å². The molecule has 0 saturated heterocycles. The molecule has 0 radical (unpaired) electrons. The summed E-state index contributed by atoms with van der Waals surface area (Å²) >= 11 is 0. The first-order valence-electron chi connectivity index (χ1n) is 10.5. The topological polar surface area (TPSA) is 131 Å². The highest BCUT2D eigenvalue weighted by Gasteiger charge is 2.22. The third kappa shape index (κ3) is 5.79. The van der Waals surface area contributed by atoms with Crippen LogP contribution in [0.25, 0.3) is 0 Å². The first-order valence-corrected chi connectivity index (χ1v) is 10.5. The van der Waals surface area contributed by atoms with Crippen LogP contribution < -0.4 is 30.0 Å². The van der Waals surface area contributed by atoms with Gasteiger partial charge in [0, 0.05) is 23.9 Å². The molecule has 184 valence electrons. The van der Waals surface area contributed by atoms with E-state index in [4.69, 9.17) is 29.4 Å². The summed E-state index contributed by atoms with van der Waals surface area (Å²) in [6.07, 6.45) is 0.197. The minimum Gasteiger partial charge on any atom is -0.493 e. The fraction of sp³-hybridized carbons (Fsp3) is 0.240. The number of nitrogens with zero attached hydrogens (tertiary/aromatic N) is 1. The number of benzene rings is 2. The van der Waals surface area contributed by atoms with E-state index in [1.807, 2.05) is 6.07 Å². The highest BCUT2D eigenvalue weighted by Crippen LogP contribution is 2.34. The van der Waals surface area contributed by atoms with E-state index in [1.165, 1.54) is 46.8 Å². The van der Waals surface area contributed by atoms with Gasteiger partial charge in [-0.2, -0.15) is 0 Å². The number of esters is 1. The first kappa shape index (κ1) is 25.3. The predicted molar refractivity (Wildman–Crippen MR) is 127 cm³/mol. The summed E-state index contributed by atoms with van der Waals surface area (Å²) in [5, 5.41) is 2.79. The van der Waals surface area contributed by atoms with E-state index in [1.54, 1.807) is 30.3 Å². The molecule has 1 atom stereocenters. The lowest BCUT2D eigenvalue weighted by molar-refractivity contribution is 0.0299. The normalized spacial score (nSPS) is 11.2. The number of para-hydroxylation sites is 2. The smallest absolute Gasteiger partial charge is 0.358 e. The average Bonchev–Trinajstić information content (AvgIpc) is 2.90. The third-order valence-electron chi connectivity index (χ3n) is 5.13. The number of pyridine rings is 1. The number of hydrogen-bond acceptors (Lipinski definition) is 9. The van der Waals surface area contributed by atoms with Gasteiger partial charge in [0.2, 0.25) is 0 Å². The minimum absolute atomic E-state index is 0.0751. The molecule has 1 aromatic heterocycles. The number of carbonyl (C=O) groups excluding carboxylic acids is 2. The van der Waals surface area contributed by atoms with E-state index < -0.39 is 18.1 Å². The van der Waals surface area contributed by atoms with Gasteiger partial charge in [-0.15, -0.1) is 0 Å². The van der Waals surface area contributed by atoms with Crippen molar-refractivity contribution in [3.8, 4) is 23.0 Å². The minimum atomic E-state index is -1.15. The van der Waals surface area contributed by atoms with Crippen molar-refractivity contribution in [3.05, 3.63) is 77.1 Å². The molecule has 1 unspecified atom stereocenters. The number of aromatic nitrogens is 1. The van der Waals surface area contributed by atoms with Gasteiger partial charge in [-0.25, -0.2) is 9.78 Å². The van der Waals surface area contributed by atoms with Crippen LogP contribution in [0, 0.1) is 0 Å². The number of rotatable bonds is 10. The summed E-state index contributed by atoms with van der Waals surface area (Å²) in [6, 6.07) is 13.2. The maximum Gasteiger partial charge on any atom is 0.358 e. The van der Waals surface area contributed by atoms with Crippen molar-refractivity contribution < 1.29 is 33.3 Å². The van der Waals surface area contributed by atoms with Crippen LogP contribution in [0.2, 0.25) is 0 Å². The van der Waals surface area contributed by atoms with Crippen LogP contribution >= 0.6 is 0 Å². The Balaban J connectivity index is 1.71. The van der Waals surface area contributed by atoms with E-state index in [0.29, 0.717) is 28.6 Å². The zero-order valence-electron chi connectivity index (χ0n) is 19.9. The summed E-state index contributed by atoms with van der Waals surface area (Å²) in [5.41, 5.74) is 7.38. The Kier molecular flexibility index (Phi) is 8.47. The summed E-state index contributed by atoms with van der Waals surface area (Å²) in [7, 11) is 6.01. The molecule has 0 aliphatic heterocycles. The molecule has 3 rings (SSSR count). The van der Waals surface area contributed by atoms with Crippen molar-refractivity contribution in [2.24, 2.45) is 5.73 Å². The van der Waals surface area contributed by atoms with E-state index >= 15 is 0 Å². The van der Waals surface area contributed by atoms with Crippen LogP contribution in [0.15, 0.2) is 54.7 Å². The first-order chi connectivity index (χ1) is 16.9. The van der Waals surface area contributed by atoms with Gasteiger partial charge >= 0.3 is 5.97 Å². The number of methoxy groups -OCH3 is 4. The second-order valence-corrected chi connectivity index (χ2v) is 7.17. The van der Waals surface area contributed by atoms with Gasteiger partial charge < -0.3 is 29.0 Å². The highest BCUT2D eigenvalue weighted by molar-refractivity contribution is 5.97. The lowest BCUT2D eigenvalue weighted by Gasteiger charge is -2.18. The van der Waals surface area contributed by atoms with Crippen LogP contribution in [0.4, 0.5) is 0 Å². The van der Waals surface area contributed by atoms with Crippen LogP contribution in [-0.2, 0) is 11.3 Å². The molecule has 0 fully saturated rings. The Morgan fingerprint density at radius 1 is 0.914 bits per heavy atom. The number of nitrogens with two attached hydrogens (primary N) is 1. The Bertz CT molecular complexity index is 1200. The maximum atomic E-state index is 12.7. The molecule has 1 heterocycles. The Labute approximate surface area is 202 Å². The van der Waals surface area contributed by atoms with Crippen molar-refractivity contribution >= 4 is 11.9 Å². The van der Waals surface area contributed by atoms with Crippen molar-refractivity contribution in [1.29, 1.82) is 0 Å². The lowest BCUT2D eigenvalue weighted by Crippen LogP contribution is -2.24. The van der Waals surface area contributed by atoms with Crippen LogP contribution in [0.3, 0.4) is 0 Å². The number of ether oxygens (including phenoxy) is 5. The lowest BCUT2D eigenvalue weighted by atomic mass is 10.1. The van der Waals surface area contributed by atoms with Gasteiger partial charge in [0.15, 0.2) is 29.2 Å². The highest BCUT2D eigenvalue weighted by atomic mass is 16.6. The third-order valence-corrected chi connectivity index (χ3v) is 5.13. The summed E-state index contributed by atoms with van der Waals surface area (Å²) < 4.78 is 26.6. The summed E-state index contributed by atoms with van der Waals surface area (Å²) in [4.78, 5) is 29.4. The van der Waals surface area contributed by atoms with Crippen molar-refractivity contribution in [1.82, 2.24) is 10.3 Å². The van der Waals surface area contributed by atoms with Crippen LogP contribution in [0.1, 0.15) is 38.2 Å². The molecule has 10 heteroatoms. The summed E-state index contributed by atoms with van der Waals surface area (Å²) in [5.74, 6) is 0.662. The van der Waals surface area contributed by atoms with Gasteiger partial charge in [-0.1, -0.05) is 18.2 Å². The van der Waals surface area contributed by atoms with Gasteiger partial charge in [-0.3, -0.25) is 10.5 Å². The monoisotopic (exact) mass is 481 g/mol. The van der Waals surface area contributed by atoms with E-state index in [9.17, 15) is 9.59 Å². The van der Waals surface area contributed by atoms with Crippen LogP contribution in [-0.4, -0.2) is 45.3 Å². The molecule has 2 aromatic carbocycles. The maximum absolute atomic E-state index is 12.7. The summed E-state index contributed by atoms with van der Waals surface area (Å²) in [6.45, 7) is 0.182. The molecular formula is C25H27N3O7. The van der Waals surface area contributed by atoms with Gasteiger partial charge in [0.05, 0.1) is 34.0 Å². The zero-order valence-corrected chi connectivity index (χ0v) is 19.9. The number of amides is 1. The molecule has 0 spiro atoms.